The van der Waals surface area contributed by atoms with Crippen LogP contribution in [0.15, 0.2) is 54.9 Å². The molecule has 0 aliphatic carbocycles. The van der Waals surface area contributed by atoms with Gasteiger partial charge in [0.2, 0.25) is 5.95 Å². The summed E-state index contributed by atoms with van der Waals surface area (Å²) < 4.78 is 40.5. The second-order valence-electron chi connectivity index (χ2n) is 8.78. The third kappa shape index (κ3) is 5.21. The number of ether oxygens (including phenoxy) is 2. The minimum absolute atomic E-state index is 0.0332. The van der Waals surface area contributed by atoms with E-state index in [1.807, 2.05) is 0 Å². The second kappa shape index (κ2) is 10.5. The van der Waals surface area contributed by atoms with Gasteiger partial charge in [0, 0.05) is 37.0 Å². The summed E-state index contributed by atoms with van der Waals surface area (Å²) in [4.78, 5) is 22.1. The maximum atomic E-state index is 14.5. The van der Waals surface area contributed by atoms with Gasteiger partial charge in [0.25, 0.3) is 5.91 Å². The lowest BCUT2D eigenvalue weighted by molar-refractivity contribution is 0.0284. The summed E-state index contributed by atoms with van der Waals surface area (Å²) in [5.74, 6) is -0.534. The van der Waals surface area contributed by atoms with Crippen molar-refractivity contribution in [2.45, 2.75) is 24.7 Å². The van der Waals surface area contributed by atoms with E-state index in [1.165, 1.54) is 19.2 Å². The maximum Gasteiger partial charge on any atom is 0.252 e. The fraction of sp³-hybridized carbons (Fsp3) is 0.308. The van der Waals surface area contributed by atoms with E-state index in [0.717, 1.165) is 5.39 Å². The van der Waals surface area contributed by atoms with Crippen LogP contribution < -0.4 is 15.4 Å². The molecule has 9 nitrogen and oxygen atoms in total. The Morgan fingerprint density at radius 1 is 1.24 bits per heavy atom. The number of carbonyl (C=O) groups is 1. The van der Waals surface area contributed by atoms with Crippen LogP contribution in [0.1, 0.15) is 34.1 Å². The van der Waals surface area contributed by atoms with Gasteiger partial charge in [-0.2, -0.15) is 5.10 Å². The monoisotopic (exact) mass is 508 g/mol. The average molecular weight is 509 g/mol. The number of nitrogens with one attached hydrogen (secondary N) is 2. The zero-order chi connectivity index (χ0) is 25.9. The second-order valence-corrected chi connectivity index (χ2v) is 8.78. The third-order valence-electron chi connectivity index (χ3n) is 6.39. The van der Waals surface area contributed by atoms with E-state index in [4.69, 9.17) is 9.47 Å². The summed E-state index contributed by atoms with van der Waals surface area (Å²) >= 11 is 0. The van der Waals surface area contributed by atoms with Crippen LogP contribution in [0, 0.1) is 5.82 Å². The number of aryl methyl sites for hydroxylation is 1. The molecule has 1 fully saturated rings. The minimum Gasteiger partial charge on any atom is -0.494 e. The molecule has 11 heteroatoms. The van der Waals surface area contributed by atoms with Crippen LogP contribution in [0.25, 0.3) is 10.9 Å². The highest BCUT2D eigenvalue weighted by Crippen LogP contribution is 2.27. The summed E-state index contributed by atoms with van der Waals surface area (Å²) in [6.07, 6.45) is 2.58. The quantitative estimate of drug-likeness (QED) is 0.393. The Bertz CT molecular complexity index is 1430. The molecule has 37 heavy (non-hydrogen) atoms. The standard InChI is InChI=1S/C26H26F2N6O3/c1-34-22(7-9-30-34)24(15-5-6-23(36-2)18(27)11-15)33-25(35)16-3-4-17-13-29-26(32-21(17)12-16)31-20-8-10-37-14-19(20)28/h3-7,9,11-13,19-20,24H,8,10,14H2,1-2H3,(H,33,35)(H,29,31,32)/t19-,20+,24?/m1/s1. The predicted octanol–water partition coefficient (Wildman–Crippen LogP) is 3.57. The van der Waals surface area contributed by atoms with Crippen LogP contribution in [0.4, 0.5) is 14.7 Å². The number of hydrogen-bond acceptors (Lipinski definition) is 7. The zero-order valence-corrected chi connectivity index (χ0v) is 20.3. The molecule has 1 aliphatic rings. The van der Waals surface area contributed by atoms with Crippen LogP contribution in [0.5, 0.6) is 5.75 Å². The van der Waals surface area contributed by atoms with Crippen molar-refractivity contribution >= 4 is 22.8 Å². The van der Waals surface area contributed by atoms with E-state index in [1.54, 1.807) is 54.5 Å². The lowest BCUT2D eigenvalue weighted by Gasteiger charge is -2.26. The van der Waals surface area contributed by atoms with Gasteiger partial charge in [0.1, 0.15) is 6.17 Å². The number of rotatable bonds is 7. The number of methoxy groups -OCH3 is 1. The van der Waals surface area contributed by atoms with Crippen molar-refractivity contribution in [3.8, 4) is 5.75 Å². The van der Waals surface area contributed by atoms with Gasteiger partial charge in [0.15, 0.2) is 11.6 Å². The van der Waals surface area contributed by atoms with E-state index >= 15 is 0 Å². The Kier molecular flexibility index (Phi) is 6.95. The molecular formula is C26H26F2N6O3. The largest absolute Gasteiger partial charge is 0.494 e. The SMILES string of the molecule is COc1ccc(C(NC(=O)c2ccc3cnc(N[C@H]4CCOC[C@H]4F)nc3c2)c2ccnn2C)cc1F. The molecule has 5 rings (SSSR count). The Hall–Kier alpha value is -4.12. The van der Waals surface area contributed by atoms with Gasteiger partial charge in [-0.05, 0) is 42.3 Å². The summed E-state index contributed by atoms with van der Waals surface area (Å²) in [7, 11) is 3.14. The van der Waals surface area contributed by atoms with Crippen LogP contribution in [-0.4, -0.2) is 58.2 Å². The molecule has 0 spiro atoms. The lowest BCUT2D eigenvalue weighted by atomic mass is 10.0. The van der Waals surface area contributed by atoms with Gasteiger partial charge in [0.05, 0.1) is 37.0 Å². The van der Waals surface area contributed by atoms with E-state index in [2.05, 4.69) is 25.7 Å². The summed E-state index contributed by atoms with van der Waals surface area (Å²) in [5.41, 5.74) is 2.08. The molecule has 2 N–H and O–H groups in total. The van der Waals surface area contributed by atoms with Crippen LogP contribution in [0.2, 0.25) is 0 Å². The molecular weight excluding hydrogens is 482 g/mol. The number of benzene rings is 2. The first kappa shape index (κ1) is 24.6. The number of nitrogens with zero attached hydrogens (tertiary/aromatic N) is 4. The van der Waals surface area contributed by atoms with E-state index in [0.29, 0.717) is 35.4 Å². The number of fused-ring (bicyclic) bond motifs is 1. The van der Waals surface area contributed by atoms with Crippen molar-refractivity contribution in [2.75, 3.05) is 25.6 Å². The highest BCUT2D eigenvalue weighted by molar-refractivity contribution is 5.98. The van der Waals surface area contributed by atoms with Crippen molar-refractivity contribution in [2.24, 2.45) is 7.05 Å². The first-order valence-corrected chi connectivity index (χ1v) is 11.8. The smallest absolute Gasteiger partial charge is 0.252 e. The Morgan fingerprint density at radius 3 is 2.84 bits per heavy atom. The molecule has 1 aliphatic heterocycles. The summed E-state index contributed by atoms with van der Waals surface area (Å²) in [6.45, 7) is 0.497. The molecule has 0 radical (unpaired) electrons. The first-order chi connectivity index (χ1) is 17.9. The predicted molar refractivity (Wildman–Crippen MR) is 133 cm³/mol. The Morgan fingerprint density at radius 2 is 2.11 bits per heavy atom. The lowest BCUT2D eigenvalue weighted by Crippen LogP contribution is -2.39. The highest BCUT2D eigenvalue weighted by atomic mass is 19.1. The number of halogens is 2. The molecule has 1 saturated heterocycles. The molecule has 2 aromatic carbocycles. The van der Waals surface area contributed by atoms with Crippen molar-refractivity contribution in [3.05, 3.63) is 77.5 Å². The first-order valence-electron chi connectivity index (χ1n) is 11.8. The number of alkyl halides is 1. The molecule has 0 bridgehead atoms. The normalized spacial score (nSPS) is 18.4. The van der Waals surface area contributed by atoms with Crippen molar-refractivity contribution in [1.82, 2.24) is 25.1 Å². The topological polar surface area (TPSA) is 103 Å². The maximum absolute atomic E-state index is 14.5. The number of anilines is 1. The molecule has 4 aromatic rings. The number of amides is 1. The molecule has 1 unspecified atom stereocenters. The fourth-order valence-electron chi connectivity index (χ4n) is 4.34. The Balaban J connectivity index is 1.42. The average Bonchev–Trinajstić information content (AvgIpc) is 3.33. The van der Waals surface area contributed by atoms with Gasteiger partial charge < -0.3 is 20.1 Å². The number of carbonyl (C=O) groups excluding carboxylic acids is 1. The van der Waals surface area contributed by atoms with Gasteiger partial charge in [-0.15, -0.1) is 0 Å². The summed E-state index contributed by atoms with van der Waals surface area (Å²) in [5, 5.41) is 10.9. The van der Waals surface area contributed by atoms with Crippen molar-refractivity contribution < 1.29 is 23.0 Å². The van der Waals surface area contributed by atoms with Gasteiger partial charge >= 0.3 is 0 Å². The fourth-order valence-corrected chi connectivity index (χ4v) is 4.34. The summed E-state index contributed by atoms with van der Waals surface area (Å²) in [6, 6.07) is 10.2. The molecule has 192 valence electrons. The van der Waals surface area contributed by atoms with E-state index < -0.39 is 24.1 Å². The highest BCUT2D eigenvalue weighted by Gasteiger charge is 2.26. The van der Waals surface area contributed by atoms with Crippen molar-refractivity contribution in [3.63, 3.8) is 0 Å². The number of aromatic nitrogens is 4. The molecule has 0 saturated carbocycles. The molecule has 2 aromatic heterocycles. The van der Waals surface area contributed by atoms with E-state index in [-0.39, 0.29) is 24.2 Å². The minimum atomic E-state index is -1.16. The molecule has 1 amide bonds. The third-order valence-corrected chi connectivity index (χ3v) is 6.39. The Labute approximate surface area is 211 Å². The van der Waals surface area contributed by atoms with E-state index in [9.17, 15) is 13.6 Å². The number of hydrogen-bond donors (Lipinski definition) is 2. The van der Waals surface area contributed by atoms with Crippen LogP contribution >= 0.6 is 0 Å². The molecule has 3 heterocycles. The molecule has 3 atom stereocenters. The van der Waals surface area contributed by atoms with Gasteiger partial charge in [-0.25, -0.2) is 18.7 Å². The van der Waals surface area contributed by atoms with Crippen LogP contribution in [-0.2, 0) is 11.8 Å². The van der Waals surface area contributed by atoms with Gasteiger partial charge in [-0.3, -0.25) is 9.48 Å². The van der Waals surface area contributed by atoms with Crippen molar-refractivity contribution in [1.29, 1.82) is 0 Å². The van der Waals surface area contributed by atoms with Crippen LogP contribution in [0.3, 0.4) is 0 Å². The van der Waals surface area contributed by atoms with Gasteiger partial charge in [-0.1, -0.05) is 12.1 Å². The zero-order valence-electron chi connectivity index (χ0n) is 20.3.